The standard InChI is InChI=1S/C34H35Cl2N3O5S/c1-3-37-34(41)32(22-25-8-6-5-7-9-25)38(23-26-10-12-27(35)13-11-26)33(40)24-39(29-16-18-30(19-17-29)44-4-2)45(42,43)31-20-14-28(36)15-21-31/h5-21,32H,3-4,22-24H2,1-2H3,(H,37,41). The number of benzene rings is 4. The average molecular weight is 669 g/mol. The molecule has 0 saturated carbocycles. The van der Waals surface area contributed by atoms with Gasteiger partial charge >= 0.3 is 0 Å². The average Bonchev–Trinajstić information content (AvgIpc) is 3.03. The molecule has 0 aliphatic heterocycles. The highest BCUT2D eigenvalue weighted by Gasteiger charge is 2.34. The summed E-state index contributed by atoms with van der Waals surface area (Å²) in [5, 5.41) is 3.75. The van der Waals surface area contributed by atoms with Crippen LogP contribution in [0.2, 0.25) is 10.0 Å². The van der Waals surface area contributed by atoms with E-state index in [0.717, 1.165) is 15.4 Å². The van der Waals surface area contributed by atoms with Gasteiger partial charge in [0.2, 0.25) is 11.8 Å². The Morgan fingerprint density at radius 1 is 0.800 bits per heavy atom. The second-order valence-corrected chi connectivity index (χ2v) is 12.9. The zero-order valence-corrected chi connectivity index (χ0v) is 27.4. The molecule has 11 heteroatoms. The van der Waals surface area contributed by atoms with E-state index in [1.807, 2.05) is 37.3 Å². The number of hydrogen-bond acceptors (Lipinski definition) is 5. The van der Waals surface area contributed by atoms with Crippen LogP contribution in [0.4, 0.5) is 5.69 Å². The quantitative estimate of drug-likeness (QED) is 0.169. The lowest BCUT2D eigenvalue weighted by Gasteiger charge is -2.34. The highest BCUT2D eigenvalue weighted by Crippen LogP contribution is 2.28. The van der Waals surface area contributed by atoms with Crippen molar-refractivity contribution in [1.29, 1.82) is 0 Å². The molecule has 2 amide bonds. The van der Waals surface area contributed by atoms with Crippen LogP contribution in [0.1, 0.15) is 25.0 Å². The molecule has 4 aromatic rings. The van der Waals surface area contributed by atoms with Gasteiger partial charge in [0.15, 0.2) is 0 Å². The highest BCUT2D eigenvalue weighted by atomic mass is 35.5. The highest BCUT2D eigenvalue weighted by molar-refractivity contribution is 7.92. The SMILES string of the molecule is CCNC(=O)C(Cc1ccccc1)N(Cc1ccc(Cl)cc1)C(=O)CN(c1ccc(OCC)cc1)S(=O)(=O)c1ccc(Cl)cc1. The van der Waals surface area contributed by atoms with E-state index in [9.17, 15) is 18.0 Å². The second kappa shape index (κ2) is 15.8. The van der Waals surface area contributed by atoms with Gasteiger partial charge in [-0.15, -0.1) is 0 Å². The van der Waals surface area contributed by atoms with E-state index >= 15 is 0 Å². The Bertz CT molecular complexity index is 1670. The summed E-state index contributed by atoms with van der Waals surface area (Å²) in [6.07, 6.45) is 0.221. The molecule has 0 saturated heterocycles. The Balaban J connectivity index is 1.79. The third-order valence-electron chi connectivity index (χ3n) is 7.00. The molecule has 8 nitrogen and oxygen atoms in total. The molecule has 4 aromatic carbocycles. The maximum absolute atomic E-state index is 14.4. The van der Waals surface area contributed by atoms with Crippen LogP contribution in [0, 0.1) is 0 Å². The number of carbonyl (C=O) groups is 2. The first-order valence-electron chi connectivity index (χ1n) is 14.5. The molecule has 0 bridgehead atoms. The second-order valence-electron chi connectivity index (χ2n) is 10.1. The molecule has 1 N–H and O–H groups in total. The number of halogens is 2. The lowest BCUT2D eigenvalue weighted by atomic mass is 10.0. The van der Waals surface area contributed by atoms with Crippen molar-refractivity contribution in [3.63, 3.8) is 0 Å². The summed E-state index contributed by atoms with van der Waals surface area (Å²) in [5.41, 5.74) is 1.83. The Morgan fingerprint density at radius 3 is 1.98 bits per heavy atom. The maximum Gasteiger partial charge on any atom is 0.264 e. The zero-order valence-electron chi connectivity index (χ0n) is 25.0. The van der Waals surface area contributed by atoms with Crippen molar-refractivity contribution in [3.8, 4) is 5.75 Å². The van der Waals surface area contributed by atoms with Gasteiger partial charge in [0.05, 0.1) is 17.2 Å². The monoisotopic (exact) mass is 667 g/mol. The van der Waals surface area contributed by atoms with Gasteiger partial charge < -0.3 is 15.0 Å². The Hall–Kier alpha value is -4.05. The van der Waals surface area contributed by atoms with Crippen LogP contribution in [0.25, 0.3) is 0 Å². The molecule has 4 rings (SSSR count). The fourth-order valence-corrected chi connectivity index (χ4v) is 6.44. The molecule has 0 aromatic heterocycles. The smallest absolute Gasteiger partial charge is 0.264 e. The first-order chi connectivity index (χ1) is 21.6. The van der Waals surface area contributed by atoms with Crippen LogP contribution in [0.3, 0.4) is 0 Å². The molecule has 236 valence electrons. The molecule has 1 atom stereocenters. The number of ether oxygens (including phenoxy) is 1. The van der Waals surface area contributed by atoms with Gasteiger partial charge in [-0.25, -0.2) is 8.42 Å². The molecule has 0 fully saturated rings. The number of anilines is 1. The van der Waals surface area contributed by atoms with E-state index in [1.165, 1.54) is 29.2 Å². The van der Waals surface area contributed by atoms with E-state index in [-0.39, 0.29) is 29.5 Å². The first-order valence-corrected chi connectivity index (χ1v) is 16.7. The third-order valence-corrected chi connectivity index (χ3v) is 9.30. The predicted molar refractivity (Wildman–Crippen MR) is 178 cm³/mol. The minimum Gasteiger partial charge on any atom is -0.494 e. The lowest BCUT2D eigenvalue weighted by molar-refractivity contribution is -0.140. The normalized spacial score (nSPS) is 11.8. The van der Waals surface area contributed by atoms with Gasteiger partial charge in [0.25, 0.3) is 10.0 Å². The fraction of sp³-hybridized carbons (Fsp3) is 0.235. The van der Waals surface area contributed by atoms with Crippen LogP contribution in [0.15, 0.2) is 108 Å². The molecular formula is C34H35Cl2N3O5S. The topological polar surface area (TPSA) is 96.0 Å². The van der Waals surface area contributed by atoms with Crippen LogP contribution in [-0.4, -0.2) is 50.9 Å². The Morgan fingerprint density at radius 2 is 1.40 bits per heavy atom. The molecule has 0 aliphatic rings. The summed E-state index contributed by atoms with van der Waals surface area (Å²) in [6.45, 7) is 3.91. The first kappa shape index (κ1) is 33.8. The zero-order chi connectivity index (χ0) is 32.4. The summed E-state index contributed by atoms with van der Waals surface area (Å²) in [5.74, 6) is -0.361. The molecule has 1 unspecified atom stereocenters. The molecule has 45 heavy (non-hydrogen) atoms. The van der Waals surface area contributed by atoms with Gasteiger partial charge in [-0.05, 0) is 85.6 Å². The molecule has 0 radical (unpaired) electrons. The van der Waals surface area contributed by atoms with Crippen molar-refractivity contribution in [1.82, 2.24) is 10.2 Å². The molecule has 0 heterocycles. The van der Waals surface area contributed by atoms with Gasteiger partial charge in [0, 0.05) is 29.6 Å². The van der Waals surface area contributed by atoms with E-state index in [4.69, 9.17) is 27.9 Å². The van der Waals surface area contributed by atoms with E-state index in [2.05, 4.69) is 5.32 Å². The Labute approximate surface area is 274 Å². The van der Waals surface area contributed by atoms with Crippen LogP contribution < -0.4 is 14.4 Å². The summed E-state index contributed by atoms with van der Waals surface area (Å²) < 4.78 is 34.8. The summed E-state index contributed by atoms with van der Waals surface area (Å²) in [7, 11) is -4.25. The third kappa shape index (κ3) is 9.00. The van der Waals surface area contributed by atoms with E-state index in [1.54, 1.807) is 55.5 Å². The van der Waals surface area contributed by atoms with Crippen molar-refractivity contribution in [3.05, 3.63) is 124 Å². The van der Waals surface area contributed by atoms with E-state index in [0.29, 0.717) is 28.9 Å². The van der Waals surface area contributed by atoms with Gasteiger partial charge in [-0.1, -0.05) is 65.7 Å². The van der Waals surface area contributed by atoms with Crippen LogP contribution in [-0.2, 0) is 32.6 Å². The van der Waals surface area contributed by atoms with Crippen molar-refractivity contribution in [2.24, 2.45) is 0 Å². The minimum absolute atomic E-state index is 0.0394. The number of likely N-dealkylation sites (N-methyl/N-ethyl adjacent to an activating group) is 1. The van der Waals surface area contributed by atoms with Crippen molar-refractivity contribution >= 4 is 50.7 Å². The summed E-state index contributed by atoms with van der Waals surface area (Å²) in [4.78, 5) is 29.4. The number of hydrogen-bond donors (Lipinski definition) is 1. The molecule has 0 aliphatic carbocycles. The summed E-state index contributed by atoms with van der Waals surface area (Å²) >= 11 is 12.2. The van der Waals surface area contributed by atoms with Crippen molar-refractivity contribution in [2.75, 3.05) is 24.0 Å². The van der Waals surface area contributed by atoms with Crippen molar-refractivity contribution < 1.29 is 22.7 Å². The number of sulfonamides is 1. The molecular weight excluding hydrogens is 633 g/mol. The van der Waals surface area contributed by atoms with Crippen LogP contribution >= 0.6 is 23.2 Å². The largest absolute Gasteiger partial charge is 0.494 e. The summed E-state index contributed by atoms with van der Waals surface area (Å²) in [6, 6.07) is 27.6. The number of nitrogens with zero attached hydrogens (tertiary/aromatic N) is 2. The number of rotatable bonds is 14. The maximum atomic E-state index is 14.4. The minimum atomic E-state index is -4.25. The fourth-order valence-electron chi connectivity index (χ4n) is 4.77. The Kier molecular flexibility index (Phi) is 11.9. The predicted octanol–water partition coefficient (Wildman–Crippen LogP) is 6.36. The number of amides is 2. The lowest BCUT2D eigenvalue weighted by Crippen LogP contribution is -2.53. The van der Waals surface area contributed by atoms with Gasteiger partial charge in [-0.2, -0.15) is 0 Å². The number of carbonyl (C=O) groups excluding carboxylic acids is 2. The van der Waals surface area contributed by atoms with Gasteiger partial charge in [-0.3, -0.25) is 13.9 Å². The molecule has 0 spiro atoms. The number of nitrogens with one attached hydrogen (secondary N) is 1. The van der Waals surface area contributed by atoms with E-state index < -0.39 is 28.5 Å². The van der Waals surface area contributed by atoms with Gasteiger partial charge in [0.1, 0.15) is 18.3 Å². The van der Waals surface area contributed by atoms with Crippen molar-refractivity contribution in [2.45, 2.75) is 37.8 Å². The van der Waals surface area contributed by atoms with Crippen LogP contribution in [0.5, 0.6) is 5.75 Å².